The quantitative estimate of drug-likeness (QED) is 0.763. The van der Waals surface area contributed by atoms with Crippen LogP contribution in [-0.4, -0.2) is 23.6 Å². The molecular formula is C16H22Cl2N2O2. The predicted octanol–water partition coefficient (Wildman–Crippen LogP) is 4.09. The predicted molar refractivity (Wildman–Crippen MR) is 92.7 cm³/mol. The number of alkyl halides is 2. The molecule has 0 saturated carbocycles. The number of carbonyl (C=O) groups is 2. The van der Waals surface area contributed by atoms with Crippen LogP contribution in [0.3, 0.4) is 0 Å². The SMILES string of the molecule is CC(C)(CCl)C(=O)Nc1ccc(NC(=O)C(C)(C)CCl)cc1. The molecule has 0 bridgehead atoms. The summed E-state index contributed by atoms with van der Waals surface area (Å²) in [5, 5.41) is 5.60. The lowest BCUT2D eigenvalue weighted by Crippen LogP contribution is -2.32. The molecule has 1 aromatic carbocycles. The Kier molecular flexibility index (Phi) is 6.27. The highest BCUT2D eigenvalue weighted by Gasteiger charge is 2.27. The third-order valence-corrected chi connectivity index (χ3v) is 4.63. The van der Waals surface area contributed by atoms with Gasteiger partial charge in [0.05, 0.1) is 10.8 Å². The summed E-state index contributed by atoms with van der Waals surface area (Å²) in [5.74, 6) is 0.172. The topological polar surface area (TPSA) is 58.2 Å². The Morgan fingerprint density at radius 1 is 0.818 bits per heavy atom. The number of rotatable bonds is 6. The molecule has 4 nitrogen and oxygen atoms in total. The van der Waals surface area contributed by atoms with Crippen LogP contribution in [0.5, 0.6) is 0 Å². The number of halogens is 2. The minimum absolute atomic E-state index is 0.150. The van der Waals surface area contributed by atoms with E-state index in [0.717, 1.165) is 0 Å². The Morgan fingerprint density at radius 2 is 1.09 bits per heavy atom. The first-order chi connectivity index (χ1) is 10.1. The second-order valence-corrected chi connectivity index (χ2v) is 7.06. The third kappa shape index (κ3) is 4.89. The monoisotopic (exact) mass is 344 g/mol. The molecule has 1 aromatic rings. The largest absolute Gasteiger partial charge is 0.326 e. The van der Waals surface area contributed by atoms with E-state index in [1.165, 1.54) is 0 Å². The standard InChI is InChI=1S/C16H22Cl2N2O2/c1-15(2,9-17)13(21)19-11-5-7-12(8-6-11)20-14(22)16(3,4)10-18/h5-8H,9-10H2,1-4H3,(H,19,21)(H,20,22). The summed E-state index contributed by atoms with van der Waals surface area (Å²) in [7, 11) is 0. The van der Waals surface area contributed by atoms with Gasteiger partial charge >= 0.3 is 0 Å². The molecule has 0 aliphatic heterocycles. The molecule has 2 N–H and O–H groups in total. The normalized spacial score (nSPS) is 11.9. The fourth-order valence-corrected chi connectivity index (χ4v) is 1.60. The van der Waals surface area contributed by atoms with E-state index in [9.17, 15) is 9.59 Å². The fraction of sp³-hybridized carbons (Fsp3) is 0.500. The van der Waals surface area contributed by atoms with Crippen LogP contribution in [0.4, 0.5) is 11.4 Å². The Labute approximate surface area is 141 Å². The van der Waals surface area contributed by atoms with Gasteiger partial charge in [-0.1, -0.05) is 0 Å². The van der Waals surface area contributed by atoms with Gasteiger partial charge in [0.2, 0.25) is 11.8 Å². The van der Waals surface area contributed by atoms with Gasteiger partial charge in [-0.3, -0.25) is 9.59 Å². The van der Waals surface area contributed by atoms with Crippen molar-refractivity contribution in [2.45, 2.75) is 27.7 Å². The molecule has 122 valence electrons. The van der Waals surface area contributed by atoms with Crippen molar-refractivity contribution in [3.8, 4) is 0 Å². The van der Waals surface area contributed by atoms with E-state index in [4.69, 9.17) is 23.2 Å². The van der Waals surface area contributed by atoms with Crippen molar-refractivity contribution in [1.82, 2.24) is 0 Å². The molecule has 1 rings (SSSR count). The average Bonchev–Trinajstić information content (AvgIpc) is 2.48. The zero-order valence-corrected chi connectivity index (χ0v) is 14.8. The van der Waals surface area contributed by atoms with Crippen LogP contribution in [0.2, 0.25) is 0 Å². The van der Waals surface area contributed by atoms with E-state index in [-0.39, 0.29) is 23.6 Å². The van der Waals surface area contributed by atoms with Crippen LogP contribution in [0.1, 0.15) is 27.7 Å². The van der Waals surface area contributed by atoms with Gasteiger partial charge in [0.15, 0.2) is 0 Å². The summed E-state index contributed by atoms with van der Waals surface area (Å²) >= 11 is 11.5. The molecule has 0 aliphatic rings. The summed E-state index contributed by atoms with van der Waals surface area (Å²) in [6.07, 6.45) is 0. The van der Waals surface area contributed by atoms with Gasteiger partial charge in [0.1, 0.15) is 0 Å². The third-order valence-electron chi connectivity index (χ3n) is 3.30. The molecule has 0 spiro atoms. The van der Waals surface area contributed by atoms with Crippen molar-refractivity contribution in [3.05, 3.63) is 24.3 Å². The number of benzene rings is 1. The minimum Gasteiger partial charge on any atom is -0.326 e. The highest BCUT2D eigenvalue weighted by molar-refractivity contribution is 6.20. The van der Waals surface area contributed by atoms with Gasteiger partial charge < -0.3 is 10.6 Å². The van der Waals surface area contributed by atoms with E-state index in [1.54, 1.807) is 52.0 Å². The highest BCUT2D eigenvalue weighted by Crippen LogP contribution is 2.23. The van der Waals surface area contributed by atoms with Crippen LogP contribution in [0, 0.1) is 10.8 Å². The Bertz CT molecular complexity index is 491. The van der Waals surface area contributed by atoms with Gasteiger partial charge in [-0.15, -0.1) is 23.2 Å². The fourth-order valence-electron chi connectivity index (χ4n) is 1.36. The molecule has 6 heteroatoms. The van der Waals surface area contributed by atoms with Crippen LogP contribution in [0.15, 0.2) is 24.3 Å². The lowest BCUT2D eigenvalue weighted by molar-refractivity contribution is -0.123. The van der Waals surface area contributed by atoms with Crippen molar-refractivity contribution in [2.75, 3.05) is 22.4 Å². The second kappa shape index (κ2) is 7.34. The summed E-state index contributed by atoms with van der Waals surface area (Å²) in [6.45, 7) is 7.10. The number of hydrogen-bond acceptors (Lipinski definition) is 2. The maximum Gasteiger partial charge on any atom is 0.231 e. The van der Waals surface area contributed by atoms with Gasteiger partial charge in [0.25, 0.3) is 0 Å². The van der Waals surface area contributed by atoms with Crippen LogP contribution in [0.25, 0.3) is 0 Å². The van der Waals surface area contributed by atoms with Crippen molar-refractivity contribution >= 4 is 46.4 Å². The van der Waals surface area contributed by atoms with E-state index in [1.807, 2.05) is 0 Å². The zero-order chi connectivity index (χ0) is 17.0. The number of hydrogen-bond donors (Lipinski definition) is 2. The molecule has 0 saturated heterocycles. The van der Waals surface area contributed by atoms with E-state index in [2.05, 4.69) is 10.6 Å². The molecule has 2 amide bonds. The maximum absolute atomic E-state index is 12.0. The molecule has 0 atom stereocenters. The number of nitrogens with one attached hydrogen (secondary N) is 2. The van der Waals surface area contributed by atoms with Crippen molar-refractivity contribution in [2.24, 2.45) is 10.8 Å². The van der Waals surface area contributed by atoms with E-state index >= 15 is 0 Å². The molecule has 0 radical (unpaired) electrons. The summed E-state index contributed by atoms with van der Waals surface area (Å²) in [4.78, 5) is 24.0. The van der Waals surface area contributed by atoms with Crippen molar-refractivity contribution < 1.29 is 9.59 Å². The maximum atomic E-state index is 12.0. The lowest BCUT2D eigenvalue weighted by Gasteiger charge is -2.21. The smallest absolute Gasteiger partial charge is 0.231 e. The van der Waals surface area contributed by atoms with E-state index in [0.29, 0.717) is 11.4 Å². The second-order valence-electron chi connectivity index (χ2n) is 6.52. The Balaban J connectivity index is 2.72. The molecule has 0 heterocycles. The van der Waals surface area contributed by atoms with Crippen LogP contribution >= 0.6 is 23.2 Å². The lowest BCUT2D eigenvalue weighted by atomic mass is 9.95. The van der Waals surface area contributed by atoms with Crippen molar-refractivity contribution in [1.29, 1.82) is 0 Å². The number of carbonyl (C=O) groups excluding carboxylic acids is 2. The van der Waals surface area contributed by atoms with Gasteiger partial charge in [-0.25, -0.2) is 0 Å². The van der Waals surface area contributed by atoms with E-state index < -0.39 is 10.8 Å². The highest BCUT2D eigenvalue weighted by atomic mass is 35.5. The first-order valence-electron chi connectivity index (χ1n) is 6.97. The average molecular weight is 345 g/mol. The molecule has 0 fully saturated rings. The molecule has 0 unspecified atom stereocenters. The molecular weight excluding hydrogens is 323 g/mol. The number of amides is 2. The summed E-state index contributed by atoms with van der Waals surface area (Å²) < 4.78 is 0. The van der Waals surface area contributed by atoms with Crippen LogP contribution in [-0.2, 0) is 9.59 Å². The van der Waals surface area contributed by atoms with Gasteiger partial charge in [-0.05, 0) is 52.0 Å². The summed E-state index contributed by atoms with van der Waals surface area (Å²) in [5.41, 5.74) is 0.0213. The zero-order valence-electron chi connectivity index (χ0n) is 13.3. The first-order valence-corrected chi connectivity index (χ1v) is 8.04. The van der Waals surface area contributed by atoms with Gasteiger partial charge in [-0.2, -0.15) is 0 Å². The minimum atomic E-state index is -0.640. The van der Waals surface area contributed by atoms with Crippen LogP contribution < -0.4 is 10.6 Å². The van der Waals surface area contributed by atoms with Crippen molar-refractivity contribution in [3.63, 3.8) is 0 Å². The molecule has 22 heavy (non-hydrogen) atoms. The first kappa shape index (κ1) is 18.8. The summed E-state index contributed by atoms with van der Waals surface area (Å²) in [6, 6.07) is 6.91. The Hall–Kier alpha value is -1.26. The number of anilines is 2. The molecule has 0 aliphatic carbocycles. The molecule has 0 aromatic heterocycles. The Morgan fingerprint density at radius 3 is 1.32 bits per heavy atom. The van der Waals surface area contributed by atoms with Gasteiger partial charge in [0, 0.05) is 23.1 Å².